The van der Waals surface area contributed by atoms with E-state index in [1.807, 2.05) is 0 Å². The molecule has 1 aromatic heterocycles. The number of benzene rings is 2. The van der Waals surface area contributed by atoms with Crippen molar-refractivity contribution < 1.29 is 22.5 Å². The van der Waals surface area contributed by atoms with Crippen LogP contribution >= 0.6 is 11.3 Å². The maximum Gasteiger partial charge on any atom is 0.339 e. The average Bonchev–Trinajstić information content (AvgIpc) is 3.29. The maximum atomic E-state index is 12.8. The van der Waals surface area contributed by atoms with Crippen molar-refractivity contribution in [2.75, 3.05) is 50.0 Å². The third kappa shape index (κ3) is 8.11. The van der Waals surface area contributed by atoms with Gasteiger partial charge in [0.05, 0.1) is 16.8 Å². The van der Waals surface area contributed by atoms with E-state index in [1.54, 1.807) is 30.3 Å². The monoisotopic (exact) mass is 547 g/mol. The summed E-state index contributed by atoms with van der Waals surface area (Å²) in [5.41, 5.74) is 1.44. The van der Waals surface area contributed by atoms with E-state index < -0.39 is 10.1 Å². The molecule has 1 amide bonds. The summed E-state index contributed by atoms with van der Waals surface area (Å²) >= 11 is 1.28. The van der Waals surface area contributed by atoms with Crippen LogP contribution in [0, 0.1) is 5.92 Å². The standard InChI is InChI=1S/C25H33N5O5S2/c31-16-15-27-13-14-28-19-2-5-21(6-3-19)37(33,34)35-20-4-7-22-23(17-20)36-25(29-22)30-24(32)8-1-18-9-11-26-12-10-18/h2-7,17-18,26-28,31H,1,8-16H2,(H,29,30,32). The van der Waals surface area contributed by atoms with E-state index in [9.17, 15) is 13.2 Å². The second-order valence-electron chi connectivity index (χ2n) is 8.89. The number of carbonyl (C=O) groups is 1. The zero-order valence-corrected chi connectivity index (χ0v) is 22.2. The molecule has 2 aromatic carbocycles. The molecule has 1 aliphatic rings. The Balaban J connectivity index is 1.32. The number of thiazole rings is 1. The van der Waals surface area contributed by atoms with Crippen LogP contribution in [-0.4, -0.2) is 63.7 Å². The van der Waals surface area contributed by atoms with Crippen molar-refractivity contribution in [2.45, 2.75) is 30.6 Å². The van der Waals surface area contributed by atoms with Gasteiger partial charge >= 0.3 is 10.1 Å². The average molecular weight is 548 g/mol. The summed E-state index contributed by atoms with van der Waals surface area (Å²) < 4.78 is 31.6. The van der Waals surface area contributed by atoms with Crippen molar-refractivity contribution >= 4 is 48.4 Å². The first-order valence-corrected chi connectivity index (χ1v) is 14.7. The molecule has 0 unspecified atom stereocenters. The quantitative estimate of drug-likeness (QED) is 0.161. The number of aliphatic hydroxyl groups excluding tert-OH is 1. The van der Waals surface area contributed by atoms with E-state index >= 15 is 0 Å². The molecule has 12 heteroatoms. The molecule has 0 radical (unpaired) electrons. The van der Waals surface area contributed by atoms with Crippen molar-refractivity contribution in [1.29, 1.82) is 0 Å². The van der Waals surface area contributed by atoms with Gasteiger partial charge < -0.3 is 30.6 Å². The summed E-state index contributed by atoms with van der Waals surface area (Å²) in [6.45, 7) is 3.94. The number of anilines is 2. The topological polar surface area (TPSA) is 142 Å². The Morgan fingerprint density at radius 3 is 2.65 bits per heavy atom. The summed E-state index contributed by atoms with van der Waals surface area (Å²) in [6.07, 6.45) is 3.53. The van der Waals surface area contributed by atoms with Gasteiger partial charge in [0.2, 0.25) is 5.91 Å². The van der Waals surface area contributed by atoms with Gasteiger partial charge in [0.1, 0.15) is 10.6 Å². The highest BCUT2D eigenvalue weighted by atomic mass is 32.2. The molecule has 3 aromatic rings. The molecule has 1 fully saturated rings. The van der Waals surface area contributed by atoms with Gasteiger partial charge in [-0.2, -0.15) is 8.42 Å². The Morgan fingerprint density at radius 2 is 1.89 bits per heavy atom. The number of hydrogen-bond acceptors (Lipinski definition) is 10. The van der Waals surface area contributed by atoms with E-state index in [0.717, 1.165) is 42.7 Å². The highest BCUT2D eigenvalue weighted by Crippen LogP contribution is 2.31. The Bertz CT molecular complexity index is 1270. The Morgan fingerprint density at radius 1 is 1.11 bits per heavy atom. The number of piperidine rings is 1. The van der Waals surface area contributed by atoms with Gasteiger partial charge in [-0.15, -0.1) is 0 Å². The lowest BCUT2D eigenvalue weighted by Gasteiger charge is -2.21. The zero-order valence-electron chi connectivity index (χ0n) is 20.5. The molecular formula is C25H33N5O5S2. The van der Waals surface area contributed by atoms with Crippen molar-refractivity contribution in [3.8, 4) is 5.75 Å². The minimum absolute atomic E-state index is 0.0440. The summed E-state index contributed by atoms with van der Waals surface area (Å²) in [5.74, 6) is 0.698. The lowest BCUT2D eigenvalue weighted by atomic mass is 9.93. The Labute approximate surface area is 221 Å². The molecule has 0 spiro atoms. The van der Waals surface area contributed by atoms with Crippen molar-refractivity contribution in [3.63, 3.8) is 0 Å². The van der Waals surface area contributed by atoms with Crippen LogP contribution in [0.1, 0.15) is 25.7 Å². The van der Waals surface area contributed by atoms with Crippen LogP contribution in [0.25, 0.3) is 10.2 Å². The largest absolute Gasteiger partial charge is 0.395 e. The van der Waals surface area contributed by atoms with E-state index in [-0.39, 0.29) is 23.2 Å². The van der Waals surface area contributed by atoms with Gasteiger partial charge in [0, 0.05) is 37.8 Å². The lowest BCUT2D eigenvalue weighted by molar-refractivity contribution is -0.116. The predicted molar refractivity (Wildman–Crippen MR) is 146 cm³/mol. The molecule has 1 aliphatic heterocycles. The third-order valence-electron chi connectivity index (χ3n) is 6.11. The molecule has 4 rings (SSSR count). The normalized spacial score (nSPS) is 14.5. The number of hydrogen-bond donors (Lipinski definition) is 5. The number of aliphatic hydroxyl groups is 1. The van der Waals surface area contributed by atoms with E-state index in [1.165, 1.54) is 23.5 Å². The SMILES string of the molecule is O=C(CCC1CCNCC1)Nc1nc2ccc(OS(=O)(=O)c3ccc(NCCNCCO)cc3)cc2s1. The fraction of sp³-hybridized carbons (Fsp3) is 0.440. The second-order valence-corrected chi connectivity index (χ2v) is 11.5. The second kappa shape index (κ2) is 13.2. The fourth-order valence-corrected chi connectivity index (χ4v) is 5.94. The van der Waals surface area contributed by atoms with Crippen LogP contribution in [0.5, 0.6) is 5.75 Å². The number of nitrogens with zero attached hydrogens (tertiary/aromatic N) is 1. The van der Waals surface area contributed by atoms with Gasteiger partial charge in [0.15, 0.2) is 5.13 Å². The molecule has 5 N–H and O–H groups in total. The molecule has 37 heavy (non-hydrogen) atoms. The van der Waals surface area contributed by atoms with Gasteiger partial charge in [-0.05, 0) is 74.7 Å². The smallest absolute Gasteiger partial charge is 0.339 e. The molecule has 0 bridgehead atoms. The van der Waals surface area contributed by atoms with Crippen molar-refractivity contribution in [2.24, 2.45) is 5.92 Å². The van der Waals surface area contributed by atoms with Crippen molar-refractivity contribution in [3.05, 3.63) is 42.5 Å². The number of fused-ring (bicyclic) bond motifs is 1. The molecule has 1 saturated heterocycles. The third-order valence-corrected chi connectivity index (χ3v) is 8.31. The van der Waals surface area contributed by atoms with Gasteiger partial charge in [0.25, 0.3) is 0 Å². The number of carbonyl (C=O) groups excluding carboxylic acids is 1. The van der Waals surface area contributed by atoms with Gasteiger partial charge in [-0.1, -0.05) is 11.3 Å². The minimum Gasteiger partial charge on any atom is -0.395 e. The van der Waals surface area contributed by atoms with Crippen LogP contribution < -0.4 is 25.5 Å². The molecule has 200 valence electrons. The molecular weight excluding hydrogens is 514 g/mol. The number of aromatic nitrogens is 1. The Kier molecular flexibility index (Phi) is 9.69. The molecule has 2 heterocycles. The van der Waals surface area contributed by atoms with Crippen molar-refractivity contribution in [1.82, 2.24) is 15.6 Å². The van der Waals surface area contributed by atoms with Gasteiger partial charge in [-0.3, -0.25) is 4.79 Å². The minimum atomic E-state index is -4.02. The fourth-order valence-electron chi connectivity index (χ4n) is 4.11. The molecule has 10 nitrogen and oxygen atoms in total. The van der Waals surface area contributed by atoms with Crippen LogP contribution in [0.4, 0.5) is 10.8 Å². The molecule has 0 aliphatic carbocycles. The zero-order chi connectivity index (χ0) is 26.1. The van der Waals surface area contributed by atoms with Crippen LogP contribution in [0.3, 0.4) is 0 Å². The first kappa shape index (κ1) is 27.3. The summed E-state index contributed by atoms with van der Waals surface area (Å²) in [4.78, 5) is 16.9. The number of rotatable bonds is 13. The molecule has 0 atom stereocenters. The van der Waals surface area contributed by atoms with Crippen LogP contribution in [0.15, 0.2) is 47.4 Å². The summed E-state index contributed by atoms with van der Waals surface area (Å²) in [5, 5.41) is 21.7. The summed E-state index contributed by atoms with van der Waals surface area (Å²) in [6, 6.07) is 11.2. The maximum absolute atomic E-state index is 12.8. The predicted octanol–water partition coefficient (Wildman–Crippen LogP) is 2.78. The number of nitrogens with one attached hydrogen (secondary N) is 4. The number of amides is 1. The first-order valence-electron chi connectivity index (χ1n) is 12.4. The Hall–Kier alpha value is -2.77. The first-order chi connectivity index (χ1) is 17.9. The van der Waals surface area contributed by atoms with E-state index in [2.05, 4.69) is 26.3 Å². The van der Waals surface area contributed by atoms with Crippen LogP contribution in [0.2, 0.25) is 0 Å². The summed E-state index contributed by atoms with van der Waals surface area (Å²) in [7, 11) is -4.02. The highest BCUT2D eigenvalue weighted by Gasteiger charge is 2.18. The lowest BCUT2D eigenvalue weighted by Crippen LogP contribution is -2.28. The van der Waals surface area contributed by atoms with Gasteiger partial charge in [-0.25, -0.2) is 4.98 Å². The van der Waals surface area contributed by atoms with E-state index in [0.29, 0.717) is 42.6 Å². The molecule has 0 saturated carbocycles. The van der Waals surface area contributed by atoms with E-state index in [4.69, 9.17) is 9.29 Å². The highest BCUT2D eigenvalue weighted by molar-refractivity contribution is 7.87. The van der Waals surface area contributed by atoms with Crippen LogP contribution in [-0.2, 0) is 14.9 Å².